The SMILES string of the molecule is CC(CCc1sccc1C(F)(F)F)Nc1nc(N)nc(C(F)(F)F)n1.CC(N)CCc1sccc1C(F)(F)F.COC.COc1nc(N)nc(C(F)(F)F)n1. The van der Waals surface area contributed by atoms with Gasteiger partial charge in [0.05, 0.1) is 18.2 Å². The molecule has 310 valence electrons. The first kappa shape index (κ1) is 48.7. The van der Waals surface area contributed by atoms with Crippen LogP contribution in [0.5, 0.6) is 6.01 Å². The Balaban J connectivity index is 0.000000428. The average molecular weight is 849 g/mol. The predicted octanol–water partition coefficient (Wildman–Crippen LogP) is 7.78. The summed E-state index contributed by atoms with van der Waals surface area (Å²) in [5.74, 6) is -4.31. The van der Waals surface area contributed by atoms with E-state index < -0.39 is 71.4 Å². The predicted molar refractivity (Wildman–Crippen MR) is 180 cm³/mol. The van der Waals surface area contributed by atoms with Crippen LogP contribution < -0.4 is 27.3 Å². The van der Waals surface area contributed by atoms with Gasteiger partial charge in [0.25, 0.3) is 0 Å². The van der Waals surface area contributed by atoms with E-state index in [-0.39, 0.29) is 29.7 Å². The van der Waals surface area contributed by atoms with E-state index in [2.05, 4.69) is 44.7 Å². The van der Waals surface area contributed by atoms with Gasteiger partial charge in [-0.2, -0.15) is 82.6 Å². The van der Waals surface area contributed by atoms with Crippen molar-refractivity contribution in [2.24, 2.45) is 5.73 Å². The maximum absolute atomic E-state index is 12.8. The molecule has 4 heterocycles. The first-order chi connectivity index (χ1) is 25.2. The van der Waals surface area contributed by atoms with Gasteiger partial charge in [-0.25, -0.2) is 0 Å². The number of nitrogens with zero attached hydrogens (tertiary/aromatic N) is 6. The molecule has 4 rings (SSSR count). The lowest BCUT2D eigenvalue weighted by Crippen LogP contribution is -2.21. The van der Waals surface area contributed by atoms with Gasteiger partial charge in [0.15, 0.2) is 0 Å². The molecule has 4 aromatic rings. The molecule has 0 spiro atoms. The number of anilines is 3. The summed E-state index contributed by atoms with van der Waals surface area (Å²) in [7, 11) is 4.38. The standard InChI is InChI=1S/C13H13F6N5S.C9H12F3NS.C5H5F3N4O.C2H6O/c1-6(2-3-8-7(4-5-25-8)12(14,15)16)21-11-23-9(13(17,18)19)22-10(20)24-11;1-6(13)2-3-8-7(4-5-14-8)9(10,11)12;1-13-4-11-2(5(6,7)8)10-3(9)12-4;1-3-2/h4-6H,2-3H2,1H3,(H3,20,21,22,23,24);4-6H,2-3,13H2,1H3;1H3,(H2,9,10,11,12);1-2H3. The summed E-state index contributed by atoms with van der Waals surface area (Å²) in [5, 5.41) is 5.41. The van der Waals surface area contributed by atoms with Crippen LogP contribution in [0.3, 0.4) is 0 Å². The third-order valence-electron chi connectivity index (χ3n) is 6.08. The van der Waals surface area contributed by atoms with Gasteiger partial charge in [-0.05, 0) is 62.4 Å². The van der Waals surface area contributed by atoms with Crippen LogP contribution in [0.25, 0.3) is 0 Å². The molecule has 0 radical (unpaired) electrons. The molecule has 0 aromatic carbocycles. The molecule has 2 unspecified atom stereocenters. The molecule has 0 bridgehead atoms. The van der Waals surface area contributed by atoms with Crippen molar-refractivity contribution in [3.63, 3.8) is 0 Å². The topological polar surface area (TPSA) is 186 Å². The van der Waals surface area contributed by atoms with Crippen LogP contribution in [0.4, 0.5) is 70.5 Å². The molecule has 0 aliphatic carbocycles. The molecule has 12 nitrogen and oxygen atoms in total. The number of nitrogen functional groups attached to an aromatic ring is 2. The number of rotatable bonds is 9. The van der Waals surface area contributed by atoms with Gasteiger partial charge in [-0.15, -0.1) is 22.7 Å². The number of hydrogen-bond acceptors (Lipinski definition) is 14. The minimum Gasteiger partial charge on any atom is -0.467 e. The van der Waals surface area contributed by atoms with Gasteiger partial charge in [-0.3, -0.25) is 0 Å². The maximum Gasteiger partial charge on any atom is 0.451 e. The number of alkyl halides is 12. The Morgan fingerprint density at radius 2 is 1.05 bits per heavy atom. The van der Waals surface area contributed by atoms with E-state index in [0.717, 1.165) is 41.9 Å². The number of ether oxygens (including phenoxy) is 2. The summed E-state index contributed by atoms with van der Waals surface area (Å²) in [5.41, 5.74) is 14.5. The number of nitrogens with one attached hydrogen (secondary N) is 1. The highest BCUT2D eigenvalue weighted by atomic mass is 32.1. The first-order valence-electron chi connectivity index (χ1n) is 15.1. The summed E-state index contributed by atoms with van der Waals surface area (Å²) in [6.45, 7) is 3.38. The van der Waals surface area contributed by atoms with Crippen LogP contribution in [0.15, 0.2) is 22.9 Å². The second-order valence-electron chi connectivity index (χ2n) is 10.9. The van der Waals surface area contributed by atoms with E-state index in [1.165, 1.54) is 10.8 Å². The highest BCUT2D eigenvalue weighted by Crippen LogP contribution is 2.36. The second kappa shape index (κ2) is 21.1. The van der Waals surface area contributed by atoms with Crippen molar-refractivity contribution in [2.75, 3.05) is 38.1 Å². The van der Waals surface area contributed by atoms with Crippen LogP contribution in [0.1, 0.15) is 59.2 Å². The number of nitrogens with two attached hydrogens (primary N) is 3. The van der Waals surface area contributed by atoms with E-state index in [4.69, 9.17) is 17.2 Å². The summed E-state index contributed by atoms with van der Waals surface area (Å²) in [4.78, 5) is 19.5. The number of halogens is 12. The van der Waals surface area contributed by atoms with Gasteiger partial charge in [-0.1, -0.05) is 0 Å². The van der Waals surface area contributed by atoms with E-state index in [1.54, 1.807) is 28.1 Å². The maximum atomic E-state index is 12.8. The Hall–Kier alpha value is -4.30. The van der Waals surface area contributed by atoms with Crippen molar-refractivity contribution in [1.82, 2.24) is 29.9 Å². The lowest BCUT2D eigenvalue weighted by molar-refractivity contribution is -0.145. The summed E-state index contributed by atoms with van der Waals surface area (Å²) < 4.78 is 158. The Morgan fingerprint density at radius 1 is 0.636 bits per heavy atom. The van der Waals surface area contributed by atoms with Crippen LogP contribution in [-0.2, 0) is 42.3 Å². The number of thiophene rings is 2. The van der Waals surface area contributed by atoms with Crippen LogP contribution in [0, 0.1) is 0 Å². The Kier molecular flexibility index (Phi) is 18.7. The lowest BCUT2D eigenvalue weighted by atomic mass is 10.1. The lowest BCUT2D eigenvalue weighted by Gasteiger charge is -2.15. The fraction of sp³-hybridized carbons (Fsp3) is 0.517. The summed E-state index contributed by atoms with van der Waals surface area (Å²) in [6, 6.07) is 1.13. The largest absolute Gasteiger partial charge is 0.467 e. The van der Waals surface area contributed by atoms with Gasteiger partial charge in [0.1, 0.15) is 0 Å². The highest BCUT2D eigenvalue weighted by molar-refractivity contribution is 7.10. The van der Waals surface area contributed by atoms with Crippen molar-refractivity contribution < 1.29 is 62.2 Å². The summed E-state index contributed by atoms with van der Waals surface area (Å²) in [6.07, 6.45) is -16.8. The third kappa shape index (κ3) is 17.8. The molecule has 4 aromatic heterocycles. The van der Waals surface area contributed by atoms with E-state index >= 15 is 0 Å². The van der Waals surface area contributed by atoms with E-state index in [9.17, 15) is 52.7 Å². The normalized spacial score (nSPS) is 12.9. The molecular formula is C29H36F12N10O2S2. The first-order valence-corrected chi connectivity index (χ1v) is 16.9. The van der Waals surface area contributed by atoms with E-state index in [0.29, 0.717) is 17.7 Å². The van der Waals surface area contributed by atoms with Gasteiger partial charge in [0, 0.05) is 36.1 Å². The van der Waals surface area contributed by atoms with Crippen molar-refractivity contribution in [3.8, 4) is 6.01 Å². The van der Waals surface area contributed by atoms with Crippen molar-refractivity contribution >= 4 is 40.5 Å². The fourth-order valence-electron chi connectivity index (χ4n) is 3.75. The number of methoxy groups -OCH3 is 2. The molecule has 7 N–H and O–H groups in total. The number of hydrogen-bond donors (Lipinski definition) is 4. The molecule has 0 saturated carbocycles. The van der Waals surface area contributed by atoms with Crippen LogP contribution in [0.2, 0.25) is 0 Å². The number of aromatic nitrogens is 6. The monoisotopic (exact) mass is 848 g/mol. The molecular weight excluding hydrogens is 812 g/mol. The van der Waals surface area contributed by atoms with Crippen LogP contribution in [-0.4, -0.2) is 63.3 Å². The quantitative estimate of drug-likeness (QED) is 0.120. The van der Waals surface area contributed by atoms with Crippen LogP contribution >= 0.6 is 22.7 Å². The second-order valence-corrected chi connectivity index (χ2v) is 12.9. The number of aryl methyl sites for hydroxylation is 2. The van der Waals surface area contributed by atoms with Crippen molar-refractivity contribution in [3.05, 3.63) is 55.4 Å². The molecule has 0 fully saturated rings. The zero-order chi connectivity index (χ0) is 42.4. The summed E-state index contributed by atoms with van der Waals surface area (Å²) >= 11 is 2.12. The Labute approximate surface area is 313 Å². The molecule has 26 heteroatoms. The Bertz CT molecular complexity index is 1730. The third-order valence-corrected chi connectivity index (χ3v) is 8.04. The fourth-order valence-corrected chi connectivity index (χ4v) is 5.58. The molecule has 0 aliphatic rings. The minimum atomic E-state index is -4.78. The average Bonchev–Trinajstić information content (AvgIpc) is 3.73. The Morgan fingerprint density at radius 3 is 1.45 bits per heavy atom. The van der Waals surface area contributed by atoms with Gasteiger partial charge < -0.3 is 32.0 Å². The van der Waals surface area contributed by atoms with Crippen molar-refractivity contribution in [1.29, 1.82) is 0 Å². The van der Waals surface area contributed by atoms with Crippen molar-refractivity contribution in [2.45, 2.75) is 76.3 Å². The molecule has 55 heavy (non-hydrogen) atoms. The molecule has 0 saturated heterocycles. The zero-order valence-corrected chi connectivity index (χ0v) is 31.0. The van der Waals surface area contributed by atoms with Gasteiger partial charge in [0.2, 0.25) is 29.5 Å². The zero-order valence-electron chi connectivity index (χ0n) is 29.4. The van der Waals surface area contributed by atoms with E-state index in [1.807, 2.05) is 0 Å². The molecule has 0 aliphatic heterocycles. The molecule has 2 atom stereocenters. The minimum absolute atomic E-state index is 0.0572. The molecule has 0 amide bonds. The highest BCUT2D eigenvalue weighted by Gasteiger charge is 2.37. The van der Waals surface area contributed by atoms with Gasteiger partial charge >= 0.3 is 30.7 Å². The smallest absolute Gasteiger partial charge is 0.451 e.